The molecule has 2 aliphatic carbocycles. The largest absolute Gasteiger partial charge is 0.0850 e. The maximum Gasteiger partial charge on any atom is -0.0106 e. The summed E-state index contributed by atoms with van der Waals surface area (Å²) in [6.45, 7) is 7.02. The highest BCUT2D eigenvalue weighted by molar-refractivity contribution is 5.31. The summed E-state index contributed by atoms with van der Waals surface area (Å²) in [5, 5.41) is 0. The molecule has 11 heavy (non-hydrogen) atoms. The van der Waals surface area contributed by atoms with Crippen LogP contribution in [0.1, 0.15) is 33.6 Å². The maximum atomic E-state index is 2.44. The van der Waals surface area contributed by atoms with Gasteiger partial charge >= 0.3 is 0 Å². The number of hydrogen-bond donors (Lipinski definition) is 0. The fourth-order valence-electron chi connectivity index (χ4n) is 2.47. The smallest absolute Gasteiger partial charge is 0.0106 e. The van der Waals surface area contributed by atoms with Gasteiger partial charge in [-0.15, -0.1) is 0 Å². The third kappa shape index (κ3) is 1.13. The highest BCUT2D eigenvalue weighted by atomic mass is 14.6. The predicted octanol–water partition coefficient (Wildman–Crippen LogP) is 3.24. The van der Waals surface area contributed by atoms with Gasteiger partial charge in [0.2, 0.25) is 0 Å². The van der Waals surface area contributed by atoms with E-state index < -0.39 is 0 Å². The van der Waals surface area contributed by atoms with Crippen molar-refractivity contribution in [2.75, 3.05) is 0 Å². The molecule has 2 fully saturated rings. The monoisotopic (exact) mass is 150 g/mol. The molecule has 2 saturated carbocycles. The molecule has 0 radical (unpaired) electrons. The number of rotatable bonds is 2. The Morgan fingerprint density at radius 2 is 2.09 bits per heavy atom. The second kappa shape index (κ2) is 2.36. The molecule has 2 rings (SSSR count). The molecule has 0 aromatic rings. The molecule has 0 saturated heterocycles. The third-order valence-electron chi connectivity index (χ3n) is 3.41. The fraction of sp³-hybridized carbons (Fsp3) is 0.818. The first kappa shape index (κ1) is 7.39. The molecule has 0 spiro atoms. The van der Waals surface area contributed by atoms with Crippen molar-refractivity contribution >= 4 is 0 Å². The molecule has 4 unspecified atom stereocenters. The van der Waals surface area contributed by atoms with Crippen molar-refractivity contribution in [1.29, 1.82) is 0 Å². The first-order valence-electron chi connectivity index (χ1n) is 4.95. The molecule has 2 aliphatic rings. The average molecular weight is 150 g/mol. The Morgan fingerprint density at radius 3 is 2.55 bits per heavy atom. The molecule has 0 bridgehead atoms. The minimum absolute atomic E-state index is 0.935. The molecule has 0 nitrogen and oxygen atoms in total. The van der Waals surface area contributed by atoms with Crippen LogP contribution in [0.2, 0.25) is 0 Å². The molecule has 4 atom stereocenters. The van der Waals surface area contributed by atoms with E-state index in [-0.39, 0.29) is 0 Å². The third-order valence-corrected chi connectivity index (χ3v) is 3.41. The minimum atomic E-state index is 0.935. The number of allylic oxidation sites excluding steroid dienone is 2. The summed E-state index contributed by atoms with van der Waals surface area (Å²) in [4.78, 5) is 0. The van der Waals surface area contributed by atoms with Crippen LogP contribution in [0.15, 0.2) is 11.6 Å². The second-order valence-corrected chi connectivity index (χ2v) is 4.30. The van der Waals surface area contributed by atoms with Gasteiger partial charge in [0.15, 0.2) is 0 Å². The summed E-state index contributed by atoms with van der Waals surface area (Å²) >= 11 is 0. The Labute approximate surface area is 69.7 Å². The lowest BCUT2D eigenvalue weighted by Gasteiger charge is -1.87. The SMILES string of the molecule is CCC=C1C(C)C1C1CC1C. The van der Waals surface area contributed by atoms with Gasteiger partial charge in [0.05, 0.1) is 0 Å². The van der Waals surface area contributed by atoms with E-state index in [4.69, 9.17) is 0 Å². The summed E-state index contributed by atoms with van der Waals surface area (Å²) < 4.78 is 0. The predicted molar refractivity (Wildman–Crippen MR) is 48.3 cm³/mol. The van der Waals surface area contributed by atoms with E-state index in [2.05, 4.69) is 26.8 Å². The molecule has 0 heteroatoms. The Hall–Kier alpha value is -0.260. The van der Waals surface area contributed by atoms with E-state index >= 15 is 0 Å². The van der Waals surface area contributed by atoms with E-state index in [0.29, 0.717) is 0 Å². The quantitative estimate of drug-likeness (QED) is 0.530. The van der Waals surface area contributed by atoms with Crippen LogP contribution >= 0.6 is 0 Å². The van der Waals surface area contributed by atoms with E-state index in [1.165, 1.54) is 12.8 Å². The first-order valence-corrected chi connectivity index (χ1v) is 4.95. The van der Waals surface area contributed by atoms with Gasteiger partial charge in [0, 0.05) is 0 Å². The van der Waals surface area contributed by atoms with Crippen LogP contribution in [0.4, 0.5) is 0 Å². The molecular weight excluding hydrogens is 132 g/mol. The topological polar surface area (TPSA) is 0 Å². The van der Waals surface area contributed by atoms with Crippen molar-refractivity contribution in [3.63, 3.8) is 0 Å². The van der Waals surface area contributed by atoms with Gasteiger partial charge in [0.25, 0.3) is 0 Å². The summed E-state index contributed by atoms with van der Waals surface area (Å²) in [6, 6.07) is 0. The Morgan fingerprint density at radius 1 is 1.45 bits per heavy atom. The highest BCUT2D eigenvalue weighted by Gasteiger charge is 2.52. The van der Waals surface area contributed by atoms with Crippen molar-refractivity contribution in [3.05, 3.63) is 11.6 Å². The van der Waals surface area contributed by atoms with Crippen LogP contribution in [-0.2, 0) is 0 Å². The zero-order chi connectivity index (χ0) is 8.01. The van der Waals surface area contributed by atoms with Crippen LogP contribution < -0.4 is 0 Å². The van der Waals surface area contributed by atoms with Gasteiger partial charge in [-0.05, 0) is 36.5 Å². The van der Waals surface area contributed by atoms with Gasteiger partial charge in [0.1, 0.15) is 0 Å². The van der Waals surface area contributed by atoms with Crippen molar-refractivity contribution in [3.8, 4) is 0 Å². The summed E-state index contributed by atoms with van der Waals surface area (Å²) in [5.74, 6) is 4.04. The van der Waals surface area contributed by atoms with Gasteiger partial charge in [-0.3, -0.25) is 0 Å². The fourth-order valence-corrected chi connectivity index (χ4v) is 2.47. The van der Waals surface area contributed by atoms with Gasteiger partial charge < -0.3 is 0 Å². The van der Waals surface area contributed by atoms with E-state index in [1.807, 2.05) is 0 Å². The Balaban J connectivity index is 1.95. The van der Waals surface area contributed by atoms with Gasteiger partial charge in [-0.1, -0.05) is 32.4 Å². The summed E-state index contributed by atoms with van der Waals surface area (Å²) in [7, 11) is 0. The molecule has 62 valence electrons. The van der Waals surface area contributed by atoms with Crippen LogP contribution in [0.25, 0.3) is 0 Å². The van der Waals surface area contributed by atoms with Crippen molar-refractivity contribution < 1.29 is 0 Å². The number of hydrogen-bond acceptors (Lipinski definition) is 0. The second-order valence-electron chi connectivity index (χ2n) is 4.30. The summed E-state index contributed by atoms with van der Waals surface area (Å²) in [5.41, 5.74) is 1.77. The molecule has 0 heterocycles. The molecule has 0 N–H and O–H groups in total. The first-order chi connectivity index (χ1) is 5.25. The Bertz CT molecular complexity index is 190. The lowest BCUT2D eigenvalue weighted by Crippen LogP contribution is -1.82. The Kier molecular flexibility index (Phi) is 1.59. The zero-order valence-electron chi connectivity index (χ0n) is 7.80. The summed E-state index contributed by atoms with van der Waals surface area (Å²) in [6.07, 6.45) is 5.17. The van der Waals surface area contributed by atoms with Crippen molar-refractivity contribution in [2.45, 2.75) is 33.6 Å². The van der Waals surface area contributed by atoms with Crippen LogP contribution in [0.5, 0.6) is 0 Å². The highest BCUT2D eigenvalue weighted by Crippen LogP contribution is 2.61. The molecule has 0 aliphatic heterocycles. The molecule has 0 amide bonds. The minimum Gasteiger partial charge on any atom is -0.0850 e. The van der Waals surface area contributed by atoms with Crippen molar-refractivity contribution in [1.82, 2.24) is 0 Å². The average Bonchev–Trinajstić information content (AvgIpc) is 2.78. The van der Waals surface area contributed by atoms with Crippen LogP contribution in [0.3, 0.4) is 0 Å². The molecular formula is C11H18. The zero-order valence-corrected chi connectivity index (χ0v) is 7.80. The molecule has 0 aromatic carbocycles. The molecule has 0 aromatic heterocycles. The van der Waals surface area contributed by atoms with E-state index in [0.717, 1.165) is 23.7 Å². The maximum absolute atomic E-state index is 2.44. The van der Waals surface area contributed by atoms with E-state index in [1.54, 1.807) is 5.57 Å². The van der Waals surface area contributed by atoms with Gasteiger partial charge in [-0.2, -0.15) is 0 Å². The normalized spacial score (nSPS) is 51.4. The standard InChI is InChI=1S/C11H18/c1-4-5-9-8(3)11(9)10-6-7(10)2/h5,7-8,10-11H,4,6H2,1-3H3. The van der Waals surface area contributed by atoms with Crippen LogP contribution in [0, 0.1) is 23.7 Å². The van der Waals surface area contributed by atoms with Crippen molar-refractivity contribution in [2.24, 2.45) is 23.7 Å². The van der Waals surface area contributed by atoms with Crippen LogP contribution in [-0.4, -0.2) is 0 Å². The van der Waals surface area contributed by atoms with E-state index in [9.17, 15) is 0 Å². The lowest BCUT2D eigenvalue weighted by atomic mass is 10.2. The van der Waals surface area contributed by atoms with Gasteiger partial charge in [-0.25, -0.2) is 0 Å². The lowest BCUT2D eigenvalue weighted by molar-refractivity contribution is 0.620.